The molecule has 3 heterocycles. The van der Waals surface area contributed by atoms with Crippen molar-refractivity contribution in [2.24, 2.45) is 11.8 Å². The largest absolute Gasteiger partial charge is 0.377 e. The number of likely N-dealkylation sites (tertiary alicyclic amines) is 1. The normalized spacial score (nSPS) is 30.4. The molecule has 0 radical (unpaired) electrons. The number of carbonyl (C=O) groups is 1. The highest BCUT2D eigenvalue weighted by atomic mass is 16.5. The predicted octanol–water partition coefficient (Wildman–Crippen LogP) is 1.68. The fourth-order valence-corrected chi connectivity index (χ4v) is 4.26. The van der Waals surface area contributed by atoms with Crippen molar-refractivity contribution in [3.8, 4) is 0 Å². The van der Waals surface area contributed by atoms with Crippen LogP contribution in [0.2, 0.25) is 0 Å². The van der Waals surface area contributed by atoms with Gasteiger partial charge in [-0.1, -0.05) is 6.42 Å². The SMILES string of the molecule is Cc1cnc(CNC(=O)[C@@H]2CO[C@@H]3CCN(C4CCC4)C[C@@H]3C2)cn1. The molecule has 0 unspecified atom stereocenters. The topological polar surface area (TPSA) is 67.3 Å². The summed E-state index contributed by atoms with van der Waals surface area (Å²) in [4.78, 5) is 23.7. The summed E-state index contributed by atoms with van der Waals surface area (Å²) < 4.78 is 6.05. The summed E-state index contributed by atoms with van der Waals surface area (Å²) in [5.74, 6) is 0.542. The van der Waals surface area contributed by atoms with Gasteiger partial charge < -0.3 is 10.1 Å². The summed E-state index contributed by atoms with van der Waals surface area (Å²) in [6.07, 6.45) is 9.93. The number of carbonyl (C=O) groups excluding carboxylic acids is 1. The van der Waals surface area contributed by atoms with E-state index in [2.05, 4.69) is 20.2 Å². The lowest BCUT2D eigenvalue weighted by Gasteiger charge is -2.47. The molecule has 1 amide bonds. The van der Waals surface area contributed by atoms with Crippen LogP contribution in [-0.2, 0) is 16.1 Å². The highest BCUT2D eigenvalue weighted by Gasteiger charge is 2.40. The highest BCUT2D eigenvalue weighted by molar-refractivity contribution is 5.78. The third-order valence-electron chi connectivity index (χ3n) is 6.03. The zero-order valence-corrected chi connectivity index (χ0v) is 15.0. The number of aryl methyl sites for hydroxylation is 1. The molecule has 1 N–H and O–H groups in total. The Labute approximate surface area is 149 Å². The molecule has 2 saturated heterocycles. The van der Waals surface area contributed by atoms with Crippen molar-refractivity contribution in [3.05, 3.63) is 23.8 Å². The van der Waals surface area contributed by atoms with Crippen LogP contribution in [0.25, 0.3) is 0 Å². The van der Waals surface area contributed by atoms with Crippen LogP contribution in [0.1, 0.15) is 43.5 Å². The Balaban J connectivity index is 1.29. The van der Waals surface area contributed by atoms with E-state index in [1.807, 2.05) is 6.92 Å². The first-order valence-corrected chi connectivity index (χ1v) is 9.60. The van der Waals surface area contributed by atoms with Gasteiger partial charge in [0.1, 0.15) is 0 Å². The van der Waals surface area contributed by atoms with E-state index in [1.165, 1.54) is 19.3 Å². The molecule has 25 heavy (non-hydrogen) atoms. The zero-order chi connectivity index (χ0) is 17.2. The first-order valence-electron chi connectivity index (χ1n) is 9.60. The Bertz CT molecular complexity index is 602. The van der Waals surface area contributed by atoms with Crippen molar-refractivity contribution in [2.45, 2.75) is 57.7 Å². The van der Waals surface area contributed by atoms with Gasteiger partial charge in [-0.2, -0.15) is 0 Å². The van der Waals surface area contributed by atoms with Gasteiger partial charge in [-0.25, -0.2) is 0 Å². The second kappa shape index (κ2) is 7.38. The van der Waals surface area contributed by atoms with E-state index in [9.17, 15) is 4.79 Å². The van der Waals surface area contributed by atoms with Gasteiger partial charge in [-0.3, -0.25) is 19.7 Å². The molecular formula is C19H28N4O2. The molecule has 0 bridgehead atoms. The monoisotopic (exact) mass is 344 g/mol. The lowest BCUT2D eigenvalue weighted by Crippen LogP contribution is -2.54. The first-order chi connectivity index (χ1) is 12.2. The lowest BCUT2D eigenvalue weighted by atomic mass is 9.81. The Morgan fingerprint density at radius 3 is 2.92 bits per heavy atom. The van der Waals surface area contributed by atoms with Crippen LogP contribution in [0, 0.1) is 18.8 Å². The zero-order valence-electron chi connectivity index (χ0n) is 15.0. The van der Waals surface area contributed by atoms with E-state index < -0.39 is 0 Å². The molecule has 0 spiro atoms. The second-order valence-electron chi connectivity index (χ2n) is 7.80. The van der Waals surface area contributed by atoms with Gasteiger partial charge in [0.15, 0.2) is 0 Å². The smallest absolute Gasteiger partial charge is 0.225 e. The maximum atomic E-state index is 12.5. The number of rotatable bonds is 4. The van der Waals surface area contributed by atoms with E-state index in [1.54, 1.807) is 12.4 Å². The van der Waals surface area contributed by atoms with E-state index >= 15 is 0 Å². The number of nitrogens with one attached hydrogen (secondary N) is 1. The number of nitrogens with zero attached hydrogens (tertiary/aromatic N) is 3. The number of hydrogen-bond acceptors (Lipinski definition) is 5. The van der Waals surface area contributed by atoms with E-state index in [0.29, 0.717) is 25.2 Å². The van der Waals surface area contributed by atoms with Crippen LogP contribution in [0.5, 0.6) is 0 Å². The third-order valence-corrected chi connectivity index (χ3v) is 6.03. The van der Waals surface area contributed by atoms with Crippen molar-refractivity contribution in [1.29, 1.82) is 0 Å². The number of amides is 1. The van der Waals surface area contributed by atoms with Gasteiger partial charge in [0.25, 0.3) is 0 Å². The summed E-state index contributed by atoms with van der Waals surface area (Å²) in [7, 11) is 0. The van der Waals surface area contributed by atoms with Crippen LogP contribution in [-0.4, -0.2) is 52.6 Å². The van der Waals surface area contributed by atoms with E-state index in [-0.39, 0.29) is 11.8 Å². The van der Waals surface area contributed by atoms with E-state index in [0.717, 1.165) is 43.4 Å². The molecule has 1 saturated carbocycles. The molecule has 1 aliphatic carbocycles. The van der Waals surface area contributed by atoms with Crippen molar-refractivity contribution < 1.29 is 9.53 Å². The van der Waals surface area contributed by atoms with Crippen molar-refractivity contribution in [2.75, 3.05) is 19.7 Å². The van der Waals surface area contributed by atoms with Crippen molar-refractivity contribution in [3.63, 3.8) is 0 Å². The van der Waals surface area contributed by atoms with Crippen LogP contribution in [0.3, 0.4) is 0 Å². The quantitative estimate of drug-likeness (QED) is 0.900. The fourth-order valence-electron chi connectivity index (χ4n) is 4.26. The number of ether oxygens (including phenoxy) is 1. The minimum atomic E-state index is -0.0407. The fraction of sp³-hybridized carbons (Fsp3) is 0.737. The van der Waals surface area contributed by atoms with Crippen molar-refractivity contribution >= 4 is 5.91 Å². The van der Waals surface area contributed by atoms with Gasteiger partial charge >= 0.3 is 0 Å². The average Bonchev–Trinajstić information content (AvgIpc) is 2.59. The van der Waals surface area contributed by atoms with Crippen LogP contribution >= 0.6 is 0 Å². The molecule has 4 rings (SSSR count). The van der Waals surface area contributed by atoms with Gasteiger partial charge in [0, 0.05) is 25.3 Å². The van der Waals surface area contributed by atoms with Crippen LogP contribution < -0.4 is 5.32 Å². The molecule has 1 aromatic rings. The Kier molecular flexibility index (Phi) is 4.99. The summed E-state index contributed by atoms with van der Waals surface area (Å²) in [6.45, 7) is 5.15. The molecule has 2 aliphatic heterocycles. The molecule has 6 nitrogen and oxygen atoms in total. The second-order valence-corrected chi connectivity index (χ2v) is 7.80. The van der Waals surface area contributed by atoms with E-state index in [4.69, 9.17) is 4.74 Å². The number of aromatic nitrogens is 2. The Morgan fingerprint density at radius 1 is 1.32 bits per heavy atom. The molecule has 136 valence electrons. The summed E-state index contributed by atoms with van der Waals surface area (Å²) in [6, 6.07) is 0.787. The summed E-state index contributed by atoms with van der Waals surface area (Å²) in [5, 5.41) is 3.00. The van der Waals surface area contributed by atoms with Gasteiger partial charge in [-0.15, -0.1) is 0 Å². The highest BCUT2D eigenvalue weighted by Crippen LogP contribution is 2.35. The van der Waals surface area contributed by atoms with Crippen LogP contribution in [0.4, 0.5) is 0 Å². The molecule has 6 heteroatoms. The summed E-state index contributed by atoms with van der Waals surface area (Å²) in [5.41, 5.74) is 1.68. The minimum Gasteiger partial charge on any atom is -0.377 e. The molecule has 3 atom stereocenters. The first kappa shape index (κ1) is 16.9. The molecule has 3 aliphatic rings. The average molecular weight is 344 g/mol. The molecule has 1 aromatic heterocycles. The van der Waals surface area contributed by atoms with Gasteiger partial charge in [-0.05, 0) is 38.5 Å². The maximum absolute atomic E-state index is 12.5. The summed E-state index contributed by atoms with van der Waals surface area (Å²) >= 11 is 0. The maximum Gasteiger partial charge on any atom is 0.225 e. The Morgan fingerprint density at radius 2 is 2.20 bits per heavy atom. The van der Waals surface area contributed by atoms with Crippen molar-refractivity contribution in [1.82, 2.24) is 20.2 Å². The minimum absolute atomic E-state index is 0.0407. The third kappa shape index (κ3) is 3.85. The molecular weight excluding hydrogens is 316 g/mol. The van der Waals surface area contributed by atoms with Gasteiger partial charge in [0.05, 0.1) is 42.8 Å². The predicted molar refractivity (Wildman–Crippen MR) is 93.8 cm³/mol. The number of hydrogen-bond donors (Lipinski definition) is 1. The van der Waals surface area contributed by atoms with Gasteiger partial charge in [0.2, 0.25) is 5.91 Å². The standard InChI is InChI=1S/C19H28N4O2/c1-13-8-21-16(9-20-13)10-22-19(24)15-7-14-11-23(17-3-2-4-17)6-5-18(14)25-12-15/h8-9,14-15,17-18H,2-7,10-12H2,1H3,(H,22,24)/t14-,15-,18+/m0/s1. The Hall–Kier alpha value is -1.53. The van der Waals surface area contributed by atoms with Crippen LogP contribution in [0.15, 0.2) is 12.4 Å². The number of piperidine rings is 1. The lowest BCUT2D eigenvalue weighted by molar-refractivity contribution is -0.140. The molecule has 0 aromatic carbocycles. The molecule has 3 fully saturated rings. The number of fused-ring (bicyclic) bond motifs is 1.